The lowest BCUT2D eigenvalue weighted by atomic mass is 10.2. The van der Waals surface area contributed by atoms with Crippen LogP contribution in [0.3, 0.4) is 0 Å². The highest BCUT2D eigenvalue weighted by atomic mass is 16.5. The van der Waals surface area contributed by atoms with Crippen molar-refractivity contribution in [2.75, 3.05) is 12.8 Å². The second-order valence-corrected chi connectivity index (χ2v) is 3.66. The Labute approximate surface area is 98.8 Å². The van der Waals surface area contributed by atoms with Crippen LogP contribution in [-0.4, -0.2) is 22.8 Å². The Morgan fingerprint density at radius 2 is 2.18 bits per heavy atom. The molecule has 1 aromatic heterocycles. The molecule has 0 bridgehead atoms. The van der Waals surface area contributed by atoms with Gasteiger partial charge in [-0.2, -0.15) is 9.78 Å². The van der Waals surface area contributed by atoms with Crippen LogP contribution in [0.1, 0.15) is 16.1 Å². The van der Waals surface area contributed by atoms with E-state index in [0.29, 0.717) is 22.8 Å². The third-order valence-corrected chi connectivity index (χ3v) is 2.37. The molecule has 5 nitrogen and oxygen atoms in total. The Morgan fingerprint density at radius 1 is 1.41 bits per heavy atom. The van der Waals surface area contributed by atoms with Crippen LogP contribution < -0.4 is 10.5 Å². The summed E-state index contributed by atoms with van der Waals surface area (Å²) in [6, 6.07) is 8.52. The van der Waals surface area contributed by atoms with E-state index in [4.69, 9.17) is 10.5 Å². The quantitative estimate of drug-likeness (QED) is 0.849. The maximum Gasteiger partial charge on any atom is 0.280 e. The van der Waals surface area contributed by atoms with Gasteiger partial charge in [-0.25, -0.2) is 0 Å². The largest absolute Gasteiger partial charge is 0.497 e. The van der Waals surface area contributed by atoms with Gasteiger partial charge < -0.3 is 10.5 Å². The van der Waals surface area contributed by atoms with Gasteiger partial charge in [0.15, 0.2) is 0 Å². The van der Waals surface area contributed by atoms with Crippen molar-refractivity contribution in [3.8, 4) is 5.75 Å². The summed E-state index contributed by atoms with van der Waals surface area (Å²) in [7, 11) is 1.55. The van der Waals surface area contributed by atoms with Gasteiger partial charge in [0.25, 0.3) is 5.91 Å². The number of hydrogen-bond acceptors (Lipinski definition) is 4. The van der Waals surface area contributed by atoms with Crippen molar-refractivity contribution in [1.82, 2.24) is 9.78 Å². The molecule has 5 heteroatoms. The predicted molar refractivity (Wildman–Crippen MR) is 64.1 cm³/mol. The minimum Gasteiger partial charge on any atom is -0.497 e. The molecule has 0 fully saturated rings. The number of carbonyl (C=O) groups is 1. The predicted octanol–water partition coefficient (Wildman–Crippen LogP) is 1.47. The first kappa shape index (κ1) is 11.2. The molecule has 0 spiro atoms. The van der Waals surface area contributed by atoms with Crippen molar-refractivity contribution in [3.05, 3.63) is 41.6 Å². The van der Waals surface area contributed by atoms with Gasteiger partial charge in [0.1, 0.15) is 11.6 Å². The zero-order valence-corrected chi connectivity index (χ0v) is 9.68. The van der Waals surface area contributed by atoms with Crippen molar-refractivity contribution >= 4 is 11.7 Å². The van der Waals surface area contributed by atoms with Crippen molar-refractivity contribution < 1.29 is 9.53 Å². The van der Waals surface area contributed by atoms with Crippen LogP contribution in [0.25, 0.3) is 0 Å². The Balaban J connectivity index is 2.40. The zero-order chi connectivity index (χ0) is 12.4. The van der Waals surface area contributed by atoms with Crippen molar-refractivity contribution in [2.24, 2.45) is 0 Å². The molecule has 0 saturated carbocycles. The number of rotatable bonds is 2. The summed E-state index contributed by atoms with van der Waals surface area (Å²) in [5.41, 5.74) is 6.89. The molecule has 2 aromatic rings. The van der Waals surface area contributed by atoms with Crippen LogP contribution in [-0.2, 0) is 0 Å². The molecule has 0 aliphatic carbocycles. The summed E-state index contributed by atoms with van der Waals surface area (Å²) in [5.74, 6) is 0.683. The highest BCUT2D eigenvalue weighted by molar-refractivity contribution is 5.97. The van der Waals surface area contributed by atoms with Gasteiger partial charge in [-0.1, -0.05) is 6.07 Å². The Morgan fingerprint density at radius 3 is 2.76 bits per heavy atom. The molecule has 0 radical (unpaired) electrons. The summed E-state index contributed by atoms with van der Waals surface area (Å²) >= 11 is 0. The maximum atomic E-state index is 12.1. The molecule has 2 N–H and O–H groups in total. The fourth-order valence-electron chi connectivity index (χ4n) is 1.56. The summed E-state index contributed by atoms with van der Waals surface area (Å²) < 4.78 is 6.25. The molecule has 0 aliphatic rings. The molecule has 0 atom stereocenters. The maximum absolute atomic E-state index is 12.1. The Hall–Kier alpha value is -2.30. The first-order valence-corrected chi connectivity index (χ1v) is 5.12. The van der Waals surface area contributed by atoms with E-state index >= 15 is 0 Å². The lowest BCUT2D eigenvalue weighted by Gasteiger charge is -2.04. The van der Waals surface area contributed by atoms with Gasteiger partial charge in [-0.3, -0.25) is 4.79 Å². The lowest BCUT2D eigenvalue weighted by molar-refractivity contribution is 0.0947. The smallest absolute Gasteiger partial charge is 0.280 e. The molecule has 2 rings (SSSR count). The Bertz CT molecular complexity index is 561. The van der Waals surface area contributed by atoms with E-state index < -0.39 is 0 Å². The molecule has 1 heterocycles. The normalized spacial score (nSPS) is 10.2. The van der Waals surface area contributed by atoms with E-state index in [2.05, 4.69) is 5.10 Å². The monoisotopic (exact) mass is 231 g/mol. The number of aromatic nitrogens is 2. The molecule has 0 amide bonds. The van der Waals surface area contributed by atoms with Crippen molar-refractivity contribution in [2.45, 2.75) is 6.92 Å². The number of nitrogen functional groups attached to an aromatic ring is 1. The van der Waals surface area contributed by atoms with Crippen LogP contribution >= 0.6 is 0 Å². The summed E-state index contributed by atoms with van der Waals surface area (Å²) in [4.78, 5) is 12.1. The van der Waals surface area contributed by atoms with E-state index in [9.17, 15) is 4.79 Å². The number of hydrogen-bond donors (Lipinski definition) is 1. The first-order valence-electron chi connectivity index (χ1n) is 5.12. The average Bonchev–Trinajstić information content (AvgIpc) is 2.67. The van der Waals surface area contributed by atoms with Gasteiger partial charge in [0, 0.05) is 11.6 Å². The van der Waals surface area contributed by atoms with Gasteiger partial charge in [0.05, 0.1) is 12.8 Å². The number of aryl methyl sites for hydroxylation is 1. The number of nitrogens with two attached hydrogens (primary N) is 1. The minimum atomic E-state index is -0.269. The fourth-order valence-corrected chi connectivity index (χ4v) is 1.56. The van der Waals surface area contributed by atoms with Crippen molar-refractivity contribution in [3.63, 3.8) is 0 Å². The SMILES string of the molecule is COc1cccc(C(=O)n2nc(C)cc2N)c1. The van der Waals surface area contributed by atoms with Gasteiger partial charge in [-0.15, -0.1) is 0 Å². The molecule has 1 aromatic carbocycles. The minimum absolute atomic E-state index is 0.269. The summed E-state index contributed by atoms with van der Waals surface area (Å²) in [6.07, 6.45) is 0. The first-order chi connectivity index (χ1) is 8.11. The van der Waals surface area contributed by atoms with E-state index in [0.717, 1.165) is 0 Å². The number of ether oxygens (including phenoxy) is 1. The van der Waals surface area contributed by atoms with E-state index in [-0.39, 0.29) is 5.91 Å². The standard InChI is InChI=1S/C12H13N3O2/c1-8-6-11(13)15(14-8)12(16)9-4-3-5-10(7-9)17-2/h3-7H,13H2,1-2H3. The molecule has 0 saturated heterocycles. The highest BCUT2D eigenvalue weighted by Crippen LogP contribution is 2.15. The highest BCUT2D eigenvalue weighted by Gasteiger charge is 2.13. The third kappa shape index (κ3) is 2.13. The van der Waals surface area contributed by atoms with Gasteiger partial charge in [-0.05, 0) is 25.1 Å². The van der Waals surface area contributed by atoms with Crippen LogP contribution in [0.15, 0.2) is 30.3 Å². The molecular weight excluding hydrogens is 218 g/mol. The summed E-state index contributed by atoms with van der Waals surface area (Å²) in [6.45, 7) is 1.78. The van der Waals surface area contributed by atoms with Crippen molar-refractivity contribution in [1.29, 1.82) is 0 Å². The van der Waals surface area contributed by atoms with E-state index in [1.54, 1.807) is 44.4 Å². The molecule has 17 heavy (non-hydrogen) atoms. The van der Waals surface area contributed by atoms with Crippen LogP contribution in [0.4, 0.5) is 5.82 Å². The molecule has 0 aliphatic heterocycles. The topological polar surface area (TPSA) is 70.1 Å². The summed E-state index contributed by atoms with van der Waals surface area (Å²) in [5, 5.41) is 4.04. The van der Waals surface area contributed by atoms with E-state index in [1.807, 2.05) is 0 Å². The molecule has 88 valence electrons. The van der Waals surface area contributed by atoms with Gasteiger partial charge in [0.2, 0.25) is 0 Å². The number of carbonyl (C=O) groups excluding carboxylic acids is 1. The lowest BCUT2D eigenvalue weighted by Crippen LogP contribution is -2.16. The number of anilines is 1. The molecular formula is C12H13N3O2. The number of methoxy groups -OCH3 is 1. The third-order valence-electron chi connectivity index (χ3n) is 2.37. The Kier molecular flexibility index (Phi) is 2.82. The second-order valence-electron chi connectivity index (χ2n) is 3.66. The van der Waals surface area contributed by atoms with Crippen LogP contribution in [0.2, 0.25) is 0 Å². The molecule has 0 unspecified atom stereocenters. The second kappa shape index (κ2) is 4.29. The zero-order valence-electron chi connectivity index (χ0n) is 9.68. The van der Waals surface area contributed by atoms with Gasteiger partial charge >= 0.3 is 0 Å². The average molecular weight is 231 g/mol. The number of benzene rings is 1. The van der Waals surface area contributed by atoms with E-state index in [1.165, 1.54) is 4.68 Å². The number of nitrogens with zero attached hydrogens (tertiary/aromatic N) is 2. The van der Waals surface area contributed by atoms with Crippen LogP contribution in [0, 0.1) is 6.92 Å². The fraction of sp³-hybridized carbons (Fsp3) is 0.167. The van der Waals surface area contributed by atoms with Crippen LogP contribution in [0.5, 0.6) is 5.75 Å².